The first-order valence-electron chi connectivity index (χ1n) is 12.6. The monoisotopic (exact) mass is 554 g/mol. The predicted octanol–water partition coefficient (Wildman–Crippen LogP) is 7.35. The number of allylic oxidation sites excluding steroid dienone is 8. The second kappa shape index (κ2) is 19.4. The van der Waals surface area contributed by atoms with Gasteiger partial charge in [0.05, 0.1) is 17.8 Å². The highest BCUT2D eigenvalue weighted by Crippen LogP contribution is 2.37. The highest BCUT2D eigenvalue weighted by molar-refractivity contribution is 8.03. The van der Waals surface area contributed by atoms with E-state index < -0.39 is 6.61 Å². The Hall–Kier alpha value is -3.66. The fourth-order valence-corrected chi connectivity index (χ4v) is 4.43. The molecule has 0 fully saturated rings. The van der Waals surface area contributed by atoms with Gasteiger partial charge in [-0.3, -0.25) is 4.99 Å². The van der Waals surface area contributed by atoms with E-state index in [1.807, 2.05) is 18.2 Å². The SMILES string of the molecule is CC/C=C(/C=C\C=NC)CSC(=C\CCC)/C(C#N)=C(\C(C#N)=C(/C)N)c1ccc(OCCOC(F)F)cc1. The number of hydrogen-bond acceptors (Lipinski definition) is 7. The Kier molecular flexibility index (Phi) is 16.6. The number of nitrogens with two attached hydrogens (primary N) is 1. The van der Waals surface area contributed by atoms with Crippen LogP contribution in [0.3, 0.4) is 0 Å². The predicted molar refractivity (Wildman–Crippen MR) is 156 cm³/mol. The summed E-state index contributed by atoms with van der Waals surface area (Å²) in [6, 6.07) is 11.2. The lowest BCUT2D eigenvalue weighted by Crippen LogP contribution is -2.09. The summed E-state index contributed by atoms with van der Waals surface area (Å²) < 4.78 is 34.0. The zero-order chi connectivity index (χ0) is 29.0. The van der Waals surface area contributed by atoms with Crippen molar-refractivity contribution in [1.29, 1.82) is 10.5 Å². The molecular formula is C30H36F2N4O2S. The van der Waals surface area contributed by atoms with Crippen LogP contribution in [0, 0.1) is 22.7 Å². The lowest BCUT2D eigenvalue weighted by atomic mass is 9.92. The molecule has 1 aromatic carbocycles. The van der Waals surface area contributed by atoms with Gasteiger partial charge in [0.25, 0.3) is 0 Å². The number of benzene rings is 1. The number of nitrogens with zero attached hydrogens (tertiary/aromatic N) is 3. The number of thioether (sulfide) groups is 1. The number of ether oxygens (including phenoxy) is 2. The van der Waals surface area contributed by atoms with Crippen molar-refractivity contribution < 1.29 is 18.3 Å². The summed E-state index contributed by atoms with van der Waals surface area (Å²) >= 11 is 1.53. The van der Waals surface area contributed by atoms with Gasteiger partial charge in [-0.1, -0.05) is 50.6 Å². The maximum atomic E-state index is 12.2. The third-order valence-electron chi connectivity index (χ3n) is 5.13. The van der Waals surface area contributed by atoms with Crippen LogP contribution in [0.5, 0.6) is 5.75 Å². The van der Waals surface area contributed by atoms with Crippen LogP contribution in [-0.2, 0) is 4.74 Å². The molecule has 0 aliphatic rings. The van der Waals surface area contributed by atoms with E-state index in [1.165, 1.54) is 11.8 Å². The van der Waals surface area contributed by atoms with Crippen molar-refractivity contribution in [1.82, 2.24) is 0 Å². The Bertz CT molecular complexity index is 1180. The number of halogens is 2. The third-order valence-corrected chi connectivity index (χ3v) is 6.29. The molecule has 1 aromatic rings. The number of aliphatic imine (C=N–C) groups is 1. The lowest BCUT2D eigenvalue weighted by molar-refractivity contribution is -0.133. The van der Waals surface area contributed by atoms with Gasteiger partial charge in [0.2, 0.25) is 0 Å². The molecule has 0 spiro atoms. The highest BCUT2D eigenvalue weighted by Gasteiger charge is 2.20. The van der Waals surface area contributed by atoms with Gasteiger partial charge >= 0.3 is 6.61 Å². The number of unbranched alkanes of at least 4 members (excludes halogenated alkanes) is 1. The summed E-state index contributed by atoms with van der Waals surface area (Å²) in [4.78, 5) is 4.74. The van der Waals surface area contributed by atoms with Crippen molar-refractivity contribution in [3.63, 3.8) is 0 Å². The Morgan fingerprint density at radius 1 is 1.10 bits per heavy atom. The lowest BCUT2D eigenvalue weighted by Gasteiger charge is -2.15. The zero-order valence-corrected chi connectivity index (χ0v) is 23.7. The summed E-state index contributed by atoms with van der Waals surface area (Å²) in [5.74, 6) is 1.06. The van der Waals surface area contributed by atoms with Crippen molar-refractivity contribution in [3.8, 4) is 17.9 Å². The van der Waals surface area contributed by atoms with Gasteiger partial charge in [0.1, 0.15) is 24.5 Å². The summed E-state index contributed by atoms with van der Waals surface area (Å²) in [5, 5.41) is 20.4. The normalized spacial score (nSPS) is 13.9. The molecule has 6 nitrogen and oxygen atoms in total. The van der Waals surface area contributed by atoms with Crippen LogP contribution in [0.15, 0.2) is 80.9 Å². The molecule has 0 aromatic heterocycles. The van der Waals surface area contributed by atoms with Gasteiger partial charge in [0.15, 0.2) is 0 Å². The van der Waals surface area contributed by atoms with Gasteiger partial charge in [-0.25, -0.2) is 0 Å². The molecular weight excluding hydrogens is 518 g/mol. The molecule has 0 aliphatic carbocycles. The summed E-state index contributed by atoms with van der Waals surface area (Å²) in [6.45, 7) is 2.58. The molecule has 208 valence electrons. The van der Waals surface area contributed by atoms with E-state index in [0.717, 1.165) is 29.7 Å². The number of alkyl halides is 2. The van der Waals surface area contributed by atoms with Crippen molar-refractivity contribution in [3.05, 3.63) is 81.5 Å². The molecule has 0 unspecified atom stereocenters. The quantitative estimate of drug-likeness (QED) is 0.0991. The largest absolute Gasteiger partial charge is 0.491 e. The van der Waals surface area contributed by atoms with Crippen LogP contribution in [0.25, 0.3) is 5.57 Å². The first-order chi connectivity index (χ1) is 18.8. The van der Waals surface area contributed by atoms with E-state index in [2.05, 4.69) is 41.8 Å². The van der Waals surface area contributed by atoms with Crippen LogP contribution < -0.4 is 10.5 Å². The molecule has 2 N–H and O–H groups in total. The Labute approximate surface area is 234 Å². The molecule has 0 saturated heterocycles. The minimum atomic E-state index is -2.86. The van der Waals surface area contributed by atoms with Crippen LogP contribution in [0.2, 0.25) is 0 Å². The Balaban J connectivity index is 3.55. The van der Waals surface area contributed by atoms with Gasteiger partial charge < -0.3 is 15.2 Å². The van der Waals surface area contributed by atoms with Crippen molar-refractivity contribution in [2.75, 3.05) is 26.0 Å². The Morgan fingerprint density at radius 3 is 2.33 bits per heavy atom. The van der Waals surface area contributed by atoms with E-state index in [4.69, 9.17) is 10.5 Å². The maximum Gasteiger partial charge on any atom is 0.345 e. The molecule has 0 aliphatic heterocycles. The highest BCUT2D eigenvalue weighted by atomic mass is 32.2. The first-order valence-corrected chi connectivity index (χ1v) is 13.6. The summed E-state index contributed by atoms with van der Waals surface area (Å²) in [6.07, 6.45) is 12.2. The number of nitriles is 2. The molecule has 0 amide bonds. The van der Waals surface area contributed by atoms with E-state index in [9.17, 15) is 19.3 Å². The number of hydrogen-bond donors (Lipinski definition) is 1. The van der Waals surface area contributed by atoms with Crippen LogP contribution >= 0.6 is 11.8 Å². The fourth-order valence-electron chi connectivity index (χ4n) is 3.36. The smallest absolute Gasteiger partial charge is 0.345 e. The van der Waals surface area contributed by atoms with E-state index >= 15 is 0 Å². The molecule has 0 radical (unpaired) electrons. The number of rotatable bonds is 16. The summed E-state index contributed by atoms with van der Waals surface area (Å²) in [5.41, 5.74) is 9.07. The minimum absolute atomic E-state index is 0.0478. The topological polar surface area (TPSA) is 104 Å². The van der Waals surface area contributed by atoms with Crippen LogP contribution in [0.1, 0.15) is 45.6 Å². The van der Waals surface area contributed by atoms with Gasteiger partial charge in [0, 0.05) is 35.2 Å². The van der Waals surface area contributed by atoms with Gasteiger partial charge in [-0.15, -0.1) is 11.8 Å². The molecule has 39 heavy (non-hydrogen) atoms. The fraction of sp³-hybridized carbons (Fsp3) is 0.367. The maximum absolute atomic E-state index is 12.2. The van der Waals surface area contributed by atoms with Crippen LogP contribution in [0.4, 0.5) is 8.78 Å². The van der Waals surface area contributed by atoms with Crippen molar-refractivity contribution in [2.24, 2.45) is 10.7 Å². The van der Waals surface area contributed by atoms with Crippen molar-refractivity contribution >= 4 is 23.5 Å². The zero-order valence-electron chi connectivity index (χ0n) is 22.9. The molecule has 0 saturated carbocycles. The first kappa shape index (κ1) is 33.4. The summed E-state index contributed by atoms with van der Waals surface area (Å²) in [7, 11) is 1.71. The second-order valence-electron chi connectivity index (χ2n) is 8.14. The third kappa shape index (κ3) is 12.2. The molecule has 0 atom stereocenters. The van der Waals surface area contributed by atoms with Gasteiger partial charge in [-0.05, 0) is 49.1 Å². The second-order valence-corrected chi connectivity index (χ2v) is 9.15. The average Bonchev–Trinajstić information content (AvgIpc) is 2.92. The molecule has 0 heterocycles. The van der Waals surface area contributed by atoms with Gasteiger partial charge in [-0.2, -0.15) is 19.3 Å². The van der Waals surface area contributed by atoms with E-state index in [0.29, 0.717) is 28.2 Å². The molecule has 9 heteroatoms. The van der Waals surface area contributed by atoms with Crippen molar-refractivity contribution in [2.45, 2.75) is 46.6 Å². The standard InChI is InChI=1S/C30H36F2N4O2S/c1-5-7-11-28(39-21-23(9-6-2)10-8-16-36-4)27(20-34)29(26(19-33)22(3)35)24-12-14-25(15-13-24)37-17-18-38-30(31)32/h8-16,30H,5-7,17-18,21,35H2,1-4H3/b10-8-,23-9-,26-22+,28-11-,29-27-,36-16?. The van der Waals surface area contributed by atoms with E-state index in [1.54, 1.807) is 44.5 Å². The average molecular weight is 555 g/mol. The van der Waals surface area contributed by atoms with Crippen LogP contribution in [-0.4, -0.2) is 38.8 Å². The van der Waals surface area contributed by atoms with E-state index in [-0.39, 0.29) is 24.5 Å². The molecule has 1 rings (SSSR count). The Morgan fingerprint density at radius 2 is 1.79 bits per heavy atom. The molecule has 0 bridgehead atoms. The minimum Gasteiger partial charge on any atom is -0.491 e.